The molecule has 0 aliphatic heterocycles. The Hall–Kier alpha value is -3.36. The first-order valence-electron chi connectivity index (χ1n) is 6.92. The van der Waals surface area contributed by atoms with Crippen LogP contribution >= 0.6 is 0 Å². The van der Waals surface area contributed by atoms with Crippen LogP contribution in [0, 0.1) is 17.0 Å². The lowest BCUT2D eigenvalue weighted by atomic mass is 10.2. The van der Waals surface area contributed by atoms with E-state index in [1.54, 1.807) is 13.0 Å². The molecule has 24 heavy (non-hydrogen) atoms. The molecule has 9 heteroatoms. The number of nitrogens with zero attached hydrogens (tertiary/aromatic N) is 3. The zero-order chi connectivity index (χ0) is 17.7. The molecule has 0 saturated heterocycles. The summed E-state index contributed by atoms with van der Waals surface area (Å²) in [5.41, 5.74) is 0.360. The van der Waals surface area contributed by atoms with Crippen LogP contribution in [0.15, 0.2) is 36.7 Å². The molecule has 1 aromatic heterocycles. The van der Waals surface area contributed by atoms with Crippen LogP contribution in [0.3, 0.4) is 0 Å². The van der Waals surface area contributed by atoms with Crippen LogP contribution < -0.4 is 5.32 Å². The molecule has 1 N–H and O–H groups in total. The Labute approximate surface area is 136 Å². The van der Waals surface area contributed by atoms with Crippen LogP contribution in [-0.2, 0) is 9.53 Å². The van der Waals surface area contributed by atoms with Crippen molar-refractivity contribution in [3.05, 3.63) is 58.2 Å². The van der Waals surface area contributed by atoms with Gasteiger partial charge in [-0.05, 0) is 19.9 Å². The Morgan fingerprint density at radius 2 is 1.96 bits per heavy atom. The number of anilines is 1. The molecular formula is C15H14N4O5. The molecule has 1 heterocycles. The number of nitro groups is 1. The summed E-state index contributed by atoms with van der Waals surface area (Å²) in [5.74, 6) is -1.51. The van der Waals surface area contributed by atoms with Crippen molar-refractivity contribution in [3.8, 4) is 0 Å². The van der Waals surface area contributed by atoms with Gasteiger partial charge in [0.25, 0.3) is 11.6 Å². The number of hydrogen-bond donors (Lipinski definition) is 1. The molecule has 9 nitrogen and oxygen atoms in total. The third-order valence-corrected chi connectivity index (χ3v) is 3.00. The van der Waals surface area contributed by atoms with E-state index in [9.17, 15) is 19.7 Å². The van der Waals surface area contributed by atoms with E-state index in [0.717, 1.165) is 0 Å². The Balaban J connectivity index is 2.04. The summed E-state index contributed by atoms with van der Waals surface area (Å²) in [6.45, 7) is 3.06. The predicted molar refractivity (Wildman–Crippen MR) is 83.4 cm³/mol. The third kappa shape index (κ3) is 4.09. The van der Waals surface area contributed by atoms with Gasteiger partial charge in [-0.15, -0.1) is 0 Å². The zero-order valence-electron chi connectivity index (χ0n) is 12.9. The van der Waals surface area contributed by atoms with Crippen molar-refractivity contribution >= 4 is 23.3 Å². The van der Waals surface area contributed by atoms with Gasteiger partial charge in [0, 0.05) is 12.3 Å². The summed E-state index contributed by atoms with van der Waals surface area (Å²) >= 11 is 0. The van der Waals surface area contributed by atoms with Gasteiger partial charge in [-0.25, -0.2) is 9.78 Å². The number of esters is 1. The number of aromatic nitrogens is 2. The molecule has 0 radical (unpaired) electrons. The van der Waals surface area contributed by atoms with Gasteiger partial charge in [0.2, 0.25) is 0 Å². The van der Waals surface area contributed by atoms with E-state index < -0.39 is 22.9 Å². The van der Waals surface area contributed by atoms with E-state index in [0.29, 0.717) is 5.69 Å². The lowest BCUT2D eigenvalue weighted by molar-refractivity contribution is -0.383. The molecule has 0 fully saturated rings. The number of rotatable bonds is 5. The summed E-state index contributed by atoms with van der Waals surface area (Å²) in [6.07, 6.45) is 1.47. The average molecular weight is 330 g/mol. The molecule has 0 aliphatic rings. The maximum absolute atomic E-state index is 12.1. The Bertz CT molecular complexity index is 776. The first kappa shape index (κ1) is 17.0. The van der Waals surface area contributed by atoms with Crippen LogP contribution in [-0.4, -0.2) is 32.9 Å². The number of nitro benzene ring substituents is 1. The maximum Gasteiger partial charge on any atom is 0.359 e. The van der Waals surface area contributed by atoms with Gasteiger partial charge >= 0.3 is 5.97 Å². The number of amides is 1. The van der Waals surface area contributed by atoms with E-state index in [2.05, 4.69) is 15.3 Å². The van der Waals surface area contributed by atoms with Gasteiger partial charge < -0.3 is 10.1 Å². The molecule has 1 amide bonds. The molecule has 0 bridgehead atoms. The Morgan fingerprint density at radius 1 is 1.25 bits per heavy atom. The molecule has 1 aromatic carbocycles. The van der Waals surface area contributed by atoms with Gasteiger partial charge in [0.15, 0.2) is 11.8 Å². The molecule has 0 saturated carbocycles. The number of aryl methyl sites for hydroxylation is 1. The highest BCUT2D eigenvalue weighted by atomic mass is 16.6. The first-order valence-corrected chi connectivity index (χ1v) is 6.92. The monoisotopic (exact) mass is 330 g/mol. The number of para-hydroxylation sites is 2. The van der Waals surface area contributed by atoms with Crippen molar-refractivity contribution < 1.29 is 19.2 Å². The van der Waals surface area contributed by atoms with Crippen molar-refractivity contribution in [2.24, 2.45) is 0 Å². The minimum atomic E-state index is -1.17. The van der Waals surface area contributed by atoms with Gasteiger partial charge in [0.1, 0.15) is 5.69 Å². The van der Waals surface area contributed by atoms with Gasteiger partial charge in [-0.2, -0.15) is 0 Å². The topological polar surface area (TPSA) is 124 Å². The highest BCUT2D eigenvalue weighted by molar-refractivity contribution is 5.98. The van der Waals surface area contributed by atoms with E-state index >= 15 is 0 Å². The molecule has 0 unspecified atom stereocenters. The summed E-state index contributed by atoms with van der Waals surface area (Å²) in [7, 11) is 0. The van der Waals surface area contributed by atoms with Gasteiger partial charge in [0.05, 0.1) is 16.8 Å². The quantitative estimate of drug-likeness (QED) is 0.504. The molecule has 0 aliphatic carbocycles. The summed E-state index contributed by atoms with van der Waals surface area (Å²) in [4.78, 5) is 42.0. The van der Waals surface area contributed by atoms with Crippen molar-refractivity contribution in [1.82, 2.24) is 9.97 Å². The van der Waals surface area contributed by atoms with E-state index in [-0.39, 0.29) is 17.1 Å². The predicted octanol–water partition coefficient (Wildman–Crippen LogP) is 1.88. The number of carbonyl (C=O) groups is 2. The zero-order valence-corrected chi connectivity index (χ0v) is 12.9. The number of ether oxygens (including phenoxy) is 1. The van der Waals surface area contributed by atoms with Crippen molar-refractivity contribution in [3.63, 3.8) is 0 Å². The smallest absolute Gasteiger partial charge is 0.359 e. The van der Waals surface area contributed by atoms with Crippen LogP contribution in [0.5, 0.6) is 0 Å². The lowest BCUT2D eigenvalue weighted by Crippen LogP contribution is -2.30. The van der Waals surface area contributed by atoms with Crippen molar-refractivity contribution in [2.45, 2.75) is 20.0 Å². The van der Waals surface area contributed by atoms with Gasteiger partial charge in [-0.3, -0.25) is 19.9 Å². The van der Waals surface area contributed by atoms with Crippen molar-refractivity contribution in [1.29, 1.82) is 0 Å². The minimum absolute atomic E-state index is 0.0190. The summed E-state index contributed by atoms with van der Waals surface area (Å²) in [5, 5.41) is 13.3. The number of benzene rings is 1. The van der Waals surface area contributed by atoms with Gasteiger partial charge in [-0.1, -0.05) is 12.1 Å². The molecular weight excluding hydrogens is 316 g/mol. The van der Waals surface area contributed by atoms with E-state index in [4.69, 9.17) is 4.74 Å². The fourth-order valence-electron chi connectivity index (χ4n) is 1.75. The largest absolute Gasteiger partial charge is 0.448 e. The second-order valence-electron chi connectivity index (χ2n) is 4.85. The van der Waals surface area contributed by atoms with E-state index in [1.165, 1.54) is 37.5 Å². The van der Waals surface area contributed by atoms with Crippen LogP contribution in [0.1, 0.15) is 23.1 Å². The fraction of sp³-hybridized carbons (Fsp3) is 0.200. The normalized spacial score (nSPS) is 11.4. The number of hydrogen-bond acceptors (Lipinski definition) is 7. The fourth-order valence-corrected chi connectivity index (χ4v) is 1.75. The highest BCUT2D eigenvalue weighted by Crippen LogP contribution is 2.23. The van der Waals surface area contributed by atoms with Crippen LogP contribution in [0.25, 0.3) is 0 Å². The Morgan fingerprint density at radius 3 is 2.58 bits per heavy atom. The first-order chi connectivity index (χ1) is 11.4. The molecule has 2 aromatic rings. The Kier molecular flexibility index (Phi) is 5.15. The number of carbonyl (C=O) groups excluding carboxylic acids is 2. The summed E-state index contributed by atoms with van der Waals surface area (Å²) < 4.78 is 4.99. The molecule has 1 atom stereocenters. The average Bonchev–Trinajstić information content (AvgIpc) is 2.55. The number of nitrogens with one attached hydrogen (secondary N) is 1. The SMILES string of the molecule is Cc1cnc(C(=O)O[C@H](C)C(=O)Nc2ccccc2[N+](=O)[O-])cn1. The standard InChI is InChI=1S/C15H14N4O5/c1-9-7-17-12(8-16-9)15(21)24-10(2)14(20)18-11-5-3-4-6-13(11)19(22)23/h3-8,10H,1-2H3,(H,18,20)/t10-/m1/s1. The van der Waals surface area contributed by atoms with Crippen LogP contribution in [0.4, 0.5) is 11.4 Å². The van der Waals surface area contributed by atoms with Crippen molar-refractivity contribution in [2.75, 3.05) is 5.32 Å². The summed E-state index contributed by atoms with van der Waals surface area (Å²) in [6, 6.07) is 5.67. The third-order valence-electron chi connectivity index (χ3n) is 3.00. The second-order valence-corrected chi connectivity index (χ2v) is 4.85. The maximum atomic E-state index is 12.1. The van der Waals surface area contributed by atoms with Crippen LogP contribution in [0.2, 0.25) is 0 Å². The van der Waals surface area contributed by atoms with E-state index in [1.807, 2.05) is 0 Å². The second kappa shape index (κ2) is 7.27. The molecule has 124 valence electrons. The molecule has 0 spiro atoms. The molecule has 2 rings (SSSR count). The minimum Gasteiger partial charge on any atom is -0.448 e. The lowest BCUT2D eigenvalue weighted by Gasteiger charge is -2.13. The highest BCUT2D eigenvalue weighted by Gasteiger charge is 2.22.